The molecule has 38 heavy (non-hydrogen) atoms. The van der Waals surface area contributed by atoms with Gasteiger partial charge >= 0.3 is 23.9 Å². The number of carbonyl (C=O) groups excluding carboxylic acids is 2. The van der Waals surface area contributed by atoms with E-state index >= 15 is 0 Å². The fourth-order valence-electron chi connectivity index (χ4n) is 4.14. The van der Waals surface area contributed by atoms with Gasteiger partial charge < -0.3 is 35.8 Å². The van der Waals surface area contributed by atoms with Gasteiger partial charge in [-0.25, -0.2) is 4.79 Å². The number of esters is 1. The van der Waals surface area contributed by atoms with Gasteiger partial charge in [-0.2, -0.15) is 0 Å². The van der Waals surface area contributed by atoms with Crippen molar-refractivity contribution in [3.05, 3.63) is 52.1 Å². The first-order valence-corrected chi connectivity index (χ1v) is 11.3. The Labute approximate surface area is 223 Å². The summed E-state index contributed by atoms with van der Waals surface area (Å²) >= 11 is 0. The van der Waals surface area contributed by atoms with E-state index in [1.54, 1.807) is 6.07 Å². The fourth-order valence-corrected chi connectivity index (χ4v) is 4.14. The van der Waals surface area contributed by atoms with Crippen molar-refractivity contribution in [2.45, 2.75) is 38.0 Å². The minimum atomic E-state index is -1.70. The average Bonchev–Trinajstić information content (AvgIpc) is 2.83. The number of aliphatic carboxylic acids is 3. The minimum Gasteiger partial charge on any atom is -0.489 e. The first-order chi connectivity index (χ1) is 17.5. The van der Waals surface area contributed by atoms with E-state index in [0.29, 0.717) is 24.1 Å². The van der Waals surface area contributed by atoms with Crippen LogP contribution in [-0.2, 0) is 27.2 Å². The Bertz CT molecular complexity index is 1280. The van der Waals surface area contributed by atoms with E-state index in [1.807, 2.05) is 0 Å². The molecule has 1 amide bonds. The fraction of sp³-hybridized carbons (Fsp3) is 0.320. The molecule has 2 aromatic rings. The normalized spacial score (nSPS) is 13.3. The van der Waals surface area contributed by atoms with Gasteiger partial charge in [0.15, 0.2) is 11.5 Å². The summed E-state index contributed by atoms with van der Waals surface area (Å²) in [6, 6.07) is 5.76. The van der Waals surface area contributed by atoms with Crippen molar-refractivity contribution in [1.29, 1.82) is 0 Å². The molecule has 0 spiro atoms. The van der Waals surface area contributed by atoms with Gasteiger partial charge in [-0.3, -0.25) is 19.2 Å². The molecule has 0 unspecified atom stereocenters. The van der Waals surface area contributed by atoms with Gasteiger partial charge in [0.1, 0.15) is 0 Å². The third-order valence-electron chi connectivity index (χ3n) is 5.84. The molecule has 204 valence electrons. The van der Waals surface area contributed by atoms with Crippen LogP contribution in [0.2, 0.25) is 0 Å². The summed E-state index contributed by atoms with van der Waals surface area (Å²) in [5, 5.41) is 30.8. The number of aryl methyl sites for hydroxylation is 2. The molecule has 3 rings (SSSR count). The lowest BCUT2D eigenvalue weighted by molar-refractivity contribution is -0.145. The summed E-state index contributed by atoms with van der Waals surface area (Å²) in [6.07, 6.45) is -0.722. The van der Waals surface area contributed by atoms with Crippen LogP contribution in [0.3, 0.4) is 0 Å². The predicted octanol–water partition coefficient (Wildman–Crippen LogP) is 2.25. The number of hydrogen-bond acceptors (Lipinski definition) is 8. The number of carbonyl (C=O) groups is 5. The molecule has 2 aromatic carbocycles. The second kappa shape index (κ2) is 12.8. The molecular weight excluding hydrogens is 524 g/mol. The molecule has 0 fully saturated rings. The maximum atomic E-state index is 13.3. The number of nitrogens with two attached hydrogens (primary N) is 1. The van der Waals surface area contributed by atoms with Gasteiger partial charge in [-0.1, -0.05) is 6.07 Å². The van der Waals surface area contributed by atoms with Crippen molar-refractivity contribution in [3.8, 4) is 11.5 Å². The van der Waals surface area contributed by atoms with Crippen LogP contribution in [-0.4, -0.2) is 58.8 Å². The summed E-state index contributed by atoms with van der Waals surface area (Å²) < 4.78 is 11.5. The summed E-state index contributed by atoms with van der Waals surface area (Å²) in [7, 11) is 1.33. The molecule has 6 N–H and O–H groups in total. The van der Waals surface area contributed by atoms with Crippen molar-refractivity contribution in [3.63, 3.8) is 0 Å². The monoisotopic (exact) mass is 550 g/mol. The van der Waals surface area contributed by atoms with Crippen LogP contribution in [0.15, 0.2) is 24.3 Å². The Morgan fingerprint density at radius 1 is 1.08 bits per heavy atom. The lowest BCUT2D eigenvalue weighted by Gasteiger charge is -2.24. The van der Waals surface area contributed by atoms with E-state index in [1.165, 1.54) is 25.2 Å². The van der Waals surface area contributed by atoms with Gasteiger partial charge in [-0.15, -0.1) is 12.4 Å². The van der Waals surface area contributed by atoms with Gasteiger partial charge in [0.2, 0.25) is 0 Å². The number of anilines is 1. The number of nitrogen functional groups attached to an aromatic ring is 1. The topological polar surface area (TPSA) is 203 Å². The SMILES string of the molecule is CNC(=O)c1c(CCC(=O)O)cc([C@H](CC(=O)O)C(=O)O)c2c1OCCCc1cc(N)ccc1C(=O)O2.Cl. The number of halogens is 1. The van der Waals surface area contributed by atoms with Gasteiger partial charge in [0, 0.05) is 24.7 Å². The number of benzene rings is 2. The molecule has 12 nitrogen and oxygen atoms in total. The molecule has 0 radical (unpaired) electrons. The first kappa shape index (κ1) is 29.9. The molecule has 0 aromatic heterocycles. The number of carboxylic acid groups (broad SMARTS) is 3. The van der Waals surface area contributed by atoms with Crippen molar-refractivity contribution >= 4 is 47.9 Å². The summed E-state index contributed by atoms with van der Waals surface area (Å²) in [5.41, 5.74) is 6.75. The molecule has 1 aliphatic rings. The van der Waals surface area contributed by atoms with Crippen LogP contribution >= 0.6 is 12.4 Å². The van der Waals surface area contributed by atoms with Crippen molar-refractivity contribution in [2.75, 3.05) is 19.4 Å². The van der Waals surface area contributed by atoms with Gasteiger partial charge in [0.05, 0.1) is 30.1 Å². The Morgan fingerprint density at radius 3 is 2.39 bits per heavy atom. The van der Waals surface area contributed by atoms with Crippen LogP contribution in [0.1, 0.15) is 62.6 Å². The first-order valence-electron chi connectivity index (χ1n) is 11.3. The number of carboxylic acids is 3. The Kier molecular flexibility index (Phi) is 10.1. The lowest BCUT2D eigenvalue weighted by atomic mass is 9.88. The molecule has 0 saturated carbocycles. The molecule has 1 heterocycles. The molecule has 13 heteroatoms. The highest BCUT2D eigenvalue weighted by atomic mass is 35.5. The largest absolute Gasteiger partial charge is 0.489 e. The summed E-state index contributed by atoms with van der Waals surface area (Å²) in [5.74, 6) is -8.08. The van der Waals surface area contributed by atoms with Crippen LogP contribution in [0.25, 0.3) is 0 Å². The number of amides is 1. The maximum absolute atomic E-state index is 13.3. The number of hydrogen-bond donors (Lipinski definition) is 5. The van der Waals surface area contributed by atoms with E-state index in [-0.39, 0.29) is 53.4 Å². The van der Waals surface area contributed by atoms with E-state index < -0.39 is 54.3 Å². The van der Waals surface area contributed by atoms with E-state index in [4.69, 9.17) is 15.2 Å². The third kappa shape index (κ3) is 6.71. The summed E-state index contributed by atoms with van der Waals surface area (Å²) in [4.78, 5) is 61.1. The number of nitrogens with one attached hydrogen (secondary N) is 1. The average molecular weight is 551 g/mol. The molecular formula is C25H27ClN2O10. The number of ether oxygens (including phenoxy) is 2. The Hall–Kier alpha value is -4.32. The Balaban J connectivity index is 0.00000507. The highest BCUT2D eigenvalue weighted by Crippen LogP contribution is 2.43. The van der Waals surface area contributed by atoms with Gasteiger partial charge in [-0.05, 0) is 48.6 Å². The second-order valence-corrected chi connectivity index (χ2v) is 8.38. The maximum Gasteiger partial charge on any atom is 0.343 e. The van der Waals surface area contributed by atoms with Crippen molar-refractivity contribution in [2.24, 2.45) is 0 Å². The van der Waals surface area contributed by atoms with Crippen molar-refractivity contribution < 1.29 is 48.8 Å². The smallest absolute Gasteiger partial charge is 0.343 e. The van der Waals surface area contributed by atoms with Crippen LogP contribution in [0.4, 0.5) is 5.69 Å². The van der Waals surface area contributed by atoms with Gasteiger partial charge in [0.25, 0.3) is 5.91 Å². The minimum absolute atomic E-state index is 0. The van der Waals surface area contributed by atoms with Crippen molar-refractivity contribution in [1.82, 2.24) is 5.32 Å². The zero-order valence-corrected chi connectivity index (χ0v) is 21.1. The Morgan fingerprint density at radius 2 is 1.79 bits per heavy atom. The molecule has 1 atom stereocenters. The molecule has 0 saturated heterocycles. The molecule has 0 bridgehead atoms. The predicted molar refractivity (Wildman–Crippen MR) is 135 cm³/mol. The standard InChI is InChI=1S/C25H26N2O10.ClH/c1-27-23(32)20-13(4-7-18(28)29)10-16(17(24(33)34)11-19(30)31)21-22(20)36-8-2-3-12-9-14(26)5-6-15(12)25(35)37-21;/h5-6,9-10,17H,2-4,7-8,11,26H2,1H3,(H,27,32)(H,28,29)(H,30,31)(H,33,34);1H/t17-;/m0./s1. The van der Waals surface area contributed by atoms with Crippen LogP contribution in [0.5, 0.6) is 11.5 Å². The zero-order chi connectivity index (χ0) is 27.3. The summed E-state index contributed by atoms with van der Waals surface area (Å²) in [6.45, 7) is 0.0152. The highest BCUT2D eigenvalue weighted by Gasteiger charge is 2.34. The zero-order valence-electron chi connectivity index (χ0n) is 20.3. The van der Waals surface area contributed by atoms with Crippen LogP contribution in [0, 0.1) is 0 Å². The molecule has 1 aliphatic heterocycles. The van der Waals surface area contributed by atoms with E-state index in [2.05, 4.69) is 5.32 Å². The van der Waals surface area contributed by atoms with E-state index in [9.17, 15) is 39.3 Å². The lowest BCUT2D eigenvalue weighted by Crippen LogP contribution is -2.25. The van der Waals surface area contributed by atoms with Crippen LogP contribution < -0.4 is 20.5 Å². The second-order valence-electron chi connectivity index (χ2n) is 8.38. The third-order valence-corrected chi connectivity index (χ3v) is 5.84. The number of fused-ring (bicyclic) bond motifs is 2. The quantitative estimate of drug-likeness (QED) is 0.183. The molecule has 0 aliphatic carbocycles. The van der Waals surface area contributed by atoms with E-state index in [0.717, 1.165) is 0 Å². The number of rotatable bonds is 8. The highest BCUT2D eigenvalue weighted by molar-refractivity contribution is 6.01.